The van der Waals surface area contributed by atoms with Gasteiger partial charge in [0.05, 0.1) is 24.0 Å². The number of aliphatic hydroxyl groups excluding tert-OH is 1. The van der Waals surface area contributed by atoms with Gasteiger partial charge in [-0.1, -0.05) is 24.3 Å². The summed E-state index contributed by atoms with van der Waals surface area (Å²) in [5.41, 5.74) is 4.33. The van der Waals surface area contributed by atoms with Crippen LogP contribution in [0.25, 0.3) is 0 Å². The Bertz CT molecular complexity index is 1060. The number of piperidine rings is 1. The summed E-state index contributed by atoms with van der Waals surface area (Å²) in [5, 5.41) is 10.9. The van der Waals surface area contributed by atoms with Gasteiger partial charge in [0.1, 0.15) is 5.75 Å². The van der Waals surface area contributed by atoms with Gasteiger partial charge in [0.25, 0.3) is 5.91 Å². The first-order valence-electron chi connectivity index (χ1n) is 13.4. The third kappa shape index (κ3) is 5.85. The van der Waals surface area contributed by atoms with Crippen molar-refractivity contribution in [1.29, 1.82) is 0 Å². The molecule has 7 heteroatoms. The SMILES string of the molecule is CN1CCCC(COc2ccc3c(c2)N(C)CCN(CC(O)CN2CCc4ccccc4C2)C3=O)C1. The molecule has 1 N–H and O–H groups in total. The van der Waals surface area contributed by atoms with Crippen molar-refractivity contribution in [3.63, 3.8) is 0 Å². The van der Waals surface area contributed by atoms with Gasteiger partial charge < -0.3 is 24.5 Å². The van der Waals surface area contributed by atoms with E-state index in [2.05, 4.69) is 46.0 Å². The fourth-order valence-corrected chi connectivity index (χ4v) is 5.88. The van der Waals surface area contributed by atoms with E-state index in [9.17, 15) is 9.90 Å². The zero-order valence-electron chi connectivity index (χ0n) is 21.7. The second kappa shape index (κ2) is 11.2. The van der Waals surface area contributed by atoms with Gasteiger partial charge in [-0.2, -0.15) is 0 Å². The molecule has 0 bridgehead atoms. The standard InChI is InChI=1S/C29H40N4O3/c1-30-12-5-6-22(17-30)21-36-26-9-10-27-28(16-26)31(2)14-15-33(29(27)35)20-25(34)19-32-13-11-23-7-3-4-8-24(23)18-32/h3-4,7-10,16,22,25,34H,5-6,11-15,17-21H2,1-2H3. The number of hydrogen-bond acceptors (Lipinski definition) is 6. The highest BCUT2D eigenvalue weighted by molar-refractivity contribution is 6.00. The van der Waals surface area contributed by atoms with Crippen molar-refractivity contribution < 1.29 is 14.6 Å². The van der Waals surface area contributed by atoms with Crippen LogP contribution in [0.5, 0.6) is 5.75 Å². The van der Waals surface area contributed by atoms with Crippen LogP contribution in [0.4, 0.5) is 5.69 Å². The molecule has 3 aliphatic rings. The van der Waals surface area contributed by atoms with Gasteiger partial charge in [-0.3, -0.25) is 9.69 Å². The number of carbonyl (C=O) groups excluding carboxylic acids is 1. The molecule has 1 amide bonds. The highest BCUT2D eigenvalue weighted by atomic mass is 16.5. The summed E-state index contributed by atoms with van der Waals surface area (Å²) < 4.78 is 6.16. The zero-order valence-corrected chi connectivity index (χ0v) is 21.7. The van der Waals surface area contributed by atoms with E-state index in [1.807, 2.05) is 30.1 Å². The fraction of sp³-hybridized carbons (Fsp3) is 0.552. The van der Waals surface area contributed by atoms with Crippen LogP contribution in [0.1, 0.15) is 34.3 Å². The Morgan fingerprint density at radius 1 is 1.03 bits per heavy atom. The molecule has 0 aliphatic carbocycles. The minimum atomic E-state index is -0.581. The molecule has 7 nitrogen and oxygen atoms in total. The van der Waals surface area contributed by atoms with Crippen LogP contribution in [0.3, 0.4) is 0 Å². The molecule has 2 aromatic rings. The Balaban J connectivity index is 1.19. The third-order valence-corrected chi connectivity index (χ3v) is 7.92. The Hall–Kier alpha value is -2.61. The van der Waals surface area contributed by atoms with E-state index in [-0.39, 0.29) is 5.91 Å². The molecule has 3 aliphatic heterocycles. The van der Waals surface area contributed by atoms with Gasteiger partial charge in [-0.05, 0) is 56.1 Å². The number of fused-ring (bicyclic) bond motifs is 2. The molecule has 1 fully saturated rings. The summed E-state index contributed by atoms with van der Waals surface area (Å²) >= 11 is 0. The molecule has 194 valence electrons. The number of likely N-dealkylation sites (tertiary alicyclic amines) is 1. The number of amides is 1. The van der Waals surface area contributed by atoms with Crippen LogP contribution in [0.2, 0.25) is 0 Å². The number of benzene rings is 2. The number of aliphatic hydroxyl groups is 1. The topological polar surface area (TPSA) is 59.5 Å². The van der Waals surface area contributed by atoms with Gasteiger partial charge in [0, 0.05) is 64.8 Å². The summed E-state index contributed by atoms with van der Waals surface area (Å²) in [4.78, 5) is 22.1. The lowest BCUT2D eigenvalue weighted by atomic mass is 9.99. The van der Waals surface area contributed by atoms with Gasteiger partial charge in [0.2, 0.25) is 0 Å². The minimum Gasteiger partial charge on any atom is -0.493 e. The molecule has 0 aromatic heterocycles. The zero-order chi connectivity index (χ0) is 25.1. The van der Waals surface area contributed by atoms with Gasteiger partial charge >= 0.3 is 0 Å². The third-order valence-electron chi connectivity index (χ3n) is 7.92. The molecule has 1 saturated heterocycles. The van der Waals surface area contributed by atoms with Crippen LogP contribution in [0, 0.1) is 5.92 Å². The number of hydrogen-bond donors (Lipinski definition) is 1. The number of anilines is 1. The quantitative estimate of drug-likeness (QED) is 0.642. The van der Waals surface area contributed by atoms with Gasteiger partial charge in [-0.15, -0.1) is 0 Å². The molecule has 3 heterocycles. The Morgan fingerprint density at radius 3 is 2.69 bits per heavy atom. The van der Waals surface area contributed by atoms with E-state index < -0.39 is 6.10 Å². The maximum atomic E-state index is 13.5. The van der Waals surface area contributed by atoms with Crippen LogP contribution in [-0.2, 0) is 13.0 Å². The van der Waals surface area contributed by atoms with E-state index in [0.29, 0.717) is 37.7 Å². The van der Waals surface area contributed by atoms with Gasteiger partial charge in [-0.25, -0.2) is 0 Å². The molecule has 5 rings (SSSR count). The average molecular weight is 493 g/mol. The van der Waals surface area contributed by atoms with Crippen molar-refractivity contribution in [2.24, 2.45) is 5.92 Å². The van der Waals surface area contributed by atoms with Gasteiger partial charge in [0.15, 0.2) is 0 Å². The van der Waals surface area contributed by atoms with Crippen LogP contribution in [-0.4, -0.2) is 98.3 Å². The van der Waals surface area contributed by atoms with E-state index in [1.165, 1.54) is 30.5 Å². The highest BCUT2D eigenvalue weighted by Gasteiger charge is 2.28. The summed E-state index contributed by atoms with van der Waals surface area (Å²) in [5.74, 6) is 1.35. The Morgan fingerprint density at radius 2 is 1.86 bits per heavy atom. The van der Waals surface area contributed by atoms with Crippen LogP contribution < -0.4 is 9.64 Å². The van der Waals surface area contributed by atoms with E-state index in [0.717, 1.165) is 44.0 Å². The predicted molar refractivity (Wildman–Crippen MR) is 143 cm³/mol. The molecule has 2 atom stereocenters. The van der Waals surface area contributed by atoms with E-state index >= 15 is 0 Å². The Kier molecular flexibility index (Phi) is 7.79. The smallest absolute Gasteiger partial charge is 0.256 e. The van der Waals surface area contributed by atoms with Crippen molar-refractivity contribution in [1.82, 2.24) is 14.7 Å². The van der Waals surface area contributed by atoms with E-state index in [4.69, 9.17) is 4.74 Å². The highest BCUT2D eigenvalue weighted by Crippen LogP contribution is 2.30. The molecular weight excluding hydrogens is 452 g/mol. The summed E-state index contributed by atoms with van der Waals surface area (Å²) in [6.07, 6.45) is 2.85. The lowest BCUT2D eigenvalue weighted by molar-refractivity contribution is 0.0521. The molecule has 36 heavy (non-hydrogen) atoms. The predicted octanol–water partition coefficient (Wildman–Crippen LogP) is 2.72. The first kappa shape index (κ1) is 25.1. The maximum Gasteiger partial charge on any atom is 0.256 e. The minimum absolute atomic E-state index is 0.0159. The monoisotopic (exact) mass is 492 g/mol. The maximum absolute atomic E-state index is 13.5. The first-order chi connectivity index (χ1) is 17.5. The van der Waals surface area contributed by atoms with Crippen molar-refractivity contribution in [3.8, 4) is 5.75 Å². The molecule has 2 aromatic carbocycles. The number of likely N-dealkylation sites (N-methyl/N-ethyl adjacent to an activating group) is 1. The van der Waals surface area contributed by atoms with Crippen molar-refractivity contribution >= 4 is 11.6 Å². The number of nitrogens with zero attached hydrogens (tertiary/aromatic N) is 4. The normalized spacial score (nSPS) is 22.1. The largest absolute Gasteiger partial charge is 0.493 e. The number of rotatable bonds is 7. The molecule has 0 saturated carbocycles. The van der Waals surface area contributed by atoms with Crippen molar-refractivity contribution in [3.05, 3.63) is 59.2 Å². The second-order valence-electron chi connectivity index (χ2n) is 10.8. The Labute approximate surface area is 215 Å². The van der Waals surface area contributed by atoms with Crippen molar-refractivity contribution in [2.45, 2.75) is 31.9 Å². The molecule has 0 radical (unpaired) electrons. The second-order valence-corrected chi connectivity index (χ2v) is 10.8. The van der Waals surface area contributed by atoms with Crippen LogP contribution in [0.15, 0.2) is 42.5 Å². The number of carbonyl (C=O) groups is 1. The number of ether oxygens (including phenoxy) is 1. The van der Waals surface area contributed by atoms with Crippen LogP contribution >= 0.6 is 0 Å². The lowest BCUT2D eigenvalue weighted by Gasteiger charge is -2.32. The number of β-amino-alcohol motifs (C(OH)–C–C–N with tert-alkyl or cyclic N) is 1. The molecule has 2 unspecified atom stereocenters. The molecule has 0 spiro atoms. The first-order valence-corrected chi connectivity index (χ1v) is 13.4. The lowest BCUT2D eigenvalue weighted by Crippen LogP contribution is -2.44. The fourth-order valence-electron chi connectivity index (χ4n) is 5.88. The summed E-state index contributed by atoms with van der Waals surface area (Å²) in [6.45, 7) is 6.97. The molecular formula is C29H40N4O3. The summed E-state index contributed by atoms with van der Waals surface area (Å²) in [7, 11) is 4.19. The van der Waals surface area contributed by atoms with E-state index in [1.54, 1.807) is 0 Å². The summed E-state index contributed by atoms with van der Waals surface area (Å²) in [6, 6.07) is 14.3. The van der Waals surface area contributed by atoms with Crippen molar-refractivity contribution in [2.75, 3.05) is 71.4 Å². The average Bonchev–Trinajstić information content (AvgIpc) is 2.99.